The third kappa shape index (κ3) is 39.6. The van der Waals surface area contributed by atoms with Gasteiger partial charge in [-0.1, -0.05) is 68.1 Å². The molecule has 4 saturated heterocycles. The molecule has 2 aromatic rings. The fraction of sp³-hybridized carbons (Fsp3) is 0.774. The minimum Gasteiger partial charge on any atom is -0.444 e. The molecule has 10 atom stereocenters. The molecule has 0 aromatic heterocycles. The van der Waals surface area contributed by atoms with Gasteiger partial charge < -0.3 is 104 Å². The van der Waals surface area contributed by atoms with E-state index in [-0.39, 0.29) is 115 Å². The molecule has 0 unspecified atom stereocenters. The van der Waals surface area contributed by atoms with E-state index in [2.05, 4.69) is 27.1 Å². The lowest BCUT2D eigenvalue weighted by Crippen LogP contribution is -2.57. The highest BCUT2D eigenvalue weighted by Gasteiger charge is 2.38. The quantitative estimate of drug-likeness (QED) is 0.0722. The molecule has 0 spiro atoms. The highest BCUT2D eigenvalue weighted by atomic mass is 35.5. The minimum absolute atomic E-state index is 0. The molecule has 27 heteroatoms. The van der Waals surface area contributed by atoms with Crippen molar-refractivity contribution in [3.8, 4) is 0 Å². The maximum absolute atomic E-state index is 12.1. The summed E-state index contributed by atoms with van der Waals surface area (Å²) < 4.78 is 62.2. The summed E-state index contributed by atoms with van der Waals surface area (Å²) in [5.74, 6) is 0.530. The van der Waals surface area contributed by atoms with E-state index in [1.54, 1.807) is 61.2 Å². The van der Waals surface area contributed by atoms with Crippen LogP contribution in [0.15, 0.2) is 60.7 Å². The van der Waals surface area contributed by atoms with Gasteiger partial charge in [0.2, 0.25) is 0 Å². The Morgan fingerprint density at radius 2 is 1.02 bits per heavy atom. The van der Waals surface area contributed by atoms with Crippen molar-refractivity contribution in [2.24, 2.45) is 11.7 Å². The van der Waals surface area contributed by atoms with Gasteiger partial charge in [-0.2, -0.15) is 0 Å². The van der Waals surface area contributed by atoms with Crippen LogP contribution in [0.2, 0.25) is 0 Å². The molecule has 6 rings (SSSR count). The number of nitrogens with two attached hydrogens (primary N) is 1. The van der Waals surface area contributed by atoms with Crippen molar-refractivity contribution in [2.45, 2.75) is 147 Å². The molecule has 26 nitrogen and oxygen atoms in total. The Kier molecular flexibility index (Phi) is 50.1. The predicted molar refractivity (Wildman–Crippen MR) is 340 cm³/mol. The Bertz CT molecular complexity index is 1980. The van der Waals surface area contributed by atoms with Gasteiger partial charge in [-0.05, 0) is 65.5 Å². The number of hydrogen-bond donors (Lipinski definition) is 9. The van der Waals surface area contributed by atoms with E-state index in [0.29, 0.717) is 58.7 Å². The monoisotopic (exact) mass is 1300 g/mol. The van der Waals surface area contributed by atoms with Crippen molar-refractivity contribution in [2.75, 3.05) is 161 Å². The lowest BCUT2D eigenvalue weighted by molar-refractivity contribution is -0.182. The largest absolute Gasteiger partial charge is 0.444 e. The molecule has 2 amide bonds. The van der Waals surface area contributed by atoms with Crippen molar-refractivity contribution in [3.05, 3.63) is 71.8 Å². The number of carbonyl (C=O) groups excluding carboxylic acids is 2. The summed E-state index contributed by atoms with van der Waals surface area (Å²) >= 11 is 0. The molecular formula is C62H116ClN5O21. The van der Waals surface area contributed by atoms with Gasteiger partial charge in [-0.3, -0.25) is 14.7 Å². The molecule has 89 heavy (non-hydrogen) atoms. The third-order valence-corrected chi connectivity index (χ3v) is 13.2. The second kappa shape index (κ2) is 51.0. The van der Waals surface area contributed by atoms with Gasteiger partial charge in [0.15, 0.2) is 6.29 Å². The number of benzene rings is 2. The fourth-order valence-electron chi connectivity index (χ4n) is 8.68. The standard InChI is InChI=1S/C14H21NO3.C12H23NO6.C12H23NO5.C11H17NO2.C8H16O3.C4H11NO2.CH4.ClH/c1-17-10-13-11-18-14(9-16)8-15(13)7-12-5-3-2-4-6-12;1-12(2,3)19-11(16)13-5-9(10(14)15)18-7-8(13)6-17-4;1-12(2,3)18-11(15)13-5-10(6-14)17-8-9(13)7-16-4;1-14-9-11(8-13)12-7-10-5-3-2-4-6-10;1-10-5-7-2-3-8(4-9)11-6-7;1-7-3-4(5)2-6;;/h2-6,13-14,16H,7-11H2,1H3;8-10,14-15H,5-7H2,1-4H3;9-10,14H,5-8H2,1-4H3;2-6,11-13H,7-9H2,1H3;7-9H,2-6H2,1H3;4,6H,2-3,5H2,1H3;1H4;1H/t13-,14+;8-,9+;9-,10+;11-;7-,8+;4-;;/m000101../s1. The normalized spacial score (nSPS) is 22.5. The summed E-state index contributed by atoms with van der Waals surface area (Å²) in [6.07, 6.45) is -1.66. The number of rotatable bonds is 23. The molecule has 2 aromatic carbocycles. The maximum atomic E-state index is 12.1. The van der Waals surface area contributed by atoms with E-state index in [4.69, 9.17) is 88.5 Å². The average molecular weight is 1300 g/mol. The van der Waals surface area contributed by atoms with Gasteiger partial charge in [0.1, 0.15) is 17.3 Å². The highest BCUT2D eigenvalue weighted by Crippen LogP contribution is 2.22. The topological polar surface area (TPSA) is 334 Å². The molecule has 522 valence electrons. The van der Waals surface area contributed by atoms with E-state index in [1.165, 1.54) is 23.1 Å². The summed E-state index contributed by atoms with van der Waals surface area (Å²) in [7, 11) is 9.70. The summed E-state index contributed by atoms with van der Waals surface area (Å²) in [4.78, 5) is 29.5. The lowest BCUT2D eigenvalue weighted by atomic mass is 10.00. The zero-order valence-corrected chi connectivity index (χ0v) is 55.2. The van der Waals surface area contributed by atoms with Crippen LogP contribution in [-0.4, -0.2) is 296 Å². The van der Waals surface area contributed by atoms with Gasteiger partial charge >= 0.3 is 12.2 Å². The van der Waals surface area contributed by atoms with Gasteiger partial charge in [0.05, 0.1) is 161 Å². The number of nitrogens with one attached hydrogen (secondary N) is 1. The molecular weight excluding hydrogens is 1190 g/mol. The van der Waals surface area contributed by atoms with Gasteiger partial charge in [0.25, 0.3) is 0 Å². The van der Waals surface area contributed by atoms with Crippen LogP contribution < -0.4 is 11.1 Å². The Balaban J connectivity index is 0. The van der Waals surface area contributed by atoms with Crippen molar-refractivity contribution in [1.29, 1.82) is 0 Å². The molecule has 0 bridgehead atoms. The summed E-state index contributed by atoms with van der Waals surface area (Å²) in [6.45, 7) is 18.7. The predicted octanol–water partition coefficient (Wildman–Crippen LogP) is 2.69. The van der Waals surface area contributed by atoms with Crippen LogP contribution in [0.1, 0.15) is 72.9 Å². The zero-order valence-electron chi connectivity index (χ0n) is 54.4. The number of carbonyl (C=O) groups is 2. The SMILES string of the molecule is C.COC[C@@H](CO)NCc1ccccc1.COC[C@@H]1CC[C@H](CO)OC1.COC[C@H](N)CO.COC[C@H]1CO[C@@H](C(O)O)CN1C(=O)OC(C)(C)C.COC[C@H]1CO[C@@H](CO)CN1C(=O)OC(C)(C)C.COC[C@H]1CO[C@@H](CO)CN1Cc1ccccc1.Cl. The molecule has 0 radical (unpaired) electrons. The fourth-order valence-corrected chi connectivity index (χ4v) is 8.68. The van der Waals surface area contributed by atoms with Gasteiger partial charge in [-0.15, -0.1) is 12.4 Å². The van der Waals surface area contributed by atoms with Crippen molar-refractivity contribution < 1.29 is 102 Å². The molecule has 4 aliphatic heterocycles. The first kappa shape index (κ1) is 87.5. The molecule has 10 N–H and O–H groups in total. The van der Waals surface area contributed by atoms with Crippen LogP contribution in [-0.2, 0) is 69.9 Å². The number of hydrogen-bond acceptors (Lipinski definition) is 24. The second-order valence-corrected chi connectivity index (χ2v) is 23.2. The van der Waals surface area contributed by atoms with E-state index in [0.717, 1.165) is 45.7 Å². The third-order valence-electron chi connectivity index (χ3n) is 13.2. The molecule has 0 aliphatic carbocycles. The second-order valence-electron chi connectivity index (χ2n) is 23.2. The number of aliphatic hydroxyl groups excluding tert-OH is 6. The molecule has 4 heterocycles. The number of methoxy groups -OCH3 is 6. The van der Waals surface area contributed by atoms with Crippen LogP contribution in [0.3, 0.4) is 0 Å². The first-order valence-corrected chi connectivity index (χ1v) is 29.6. The summed E-state index contributed by atoms with van der Waals surface area (Å²) in [5.41, 5.74) is 6.54. The van der Waals surface area contributed by atoms with E-state index in [9.17, 15) is 14.7 Å². The lowest BCUT2D eigenvalue weighted by Gasteiger charge is -2.40. The van der Waals surface area contributed by atoms with Gasteiger partial charge in [-0.25, -0.2) is 9.59 Å². The Morgan fingerprint density at radius 3 is 1.44 bits per heavy atom. The number of ether oxygens (including phenoxy) is 12. The van der Waals surface area contributed by atoms with Crippen molar-refractivity contribution in [3.63, 3.8) is 0 Å². The Morgan fingerprint density at radius 1 is 0.573 bits per heavy atom. The first-order valence-electron chi connectivity index (χ1n) is 29.6. The molecule has 4 fully saturated rings. The van der Waals surface area contributed by atoms with Crippen LogP contribution in [0, 0.1) is 5.92 Å². The number of halogens is 1. The summed E-state index contributed by atoms with van der Waals surface area (Å²) in [6, 6.07) is 20.0. The smallest absolute Gasteiger partial charge is 0.410 e. The van der Waals surface area contributed by atoms with E-state index in [1.807, 2.05) is 69.3 Å². The summed E-state index contributed by atoms with van der Waals surface area (Å²) in [5, 5.41) is 65.8. The zero-order chi connectivity index (χ0) is 65.2. The van der Waals surface area contributed by atoms with Crippen LogP contribution in [0.5, 0.6) is 0 Å². The average Bonchev–Trinajstić information content (AvgIpc) is 3.69. The van der Waals surface area contributed by atoms with Gasteiger partial charge in [0, 0.05) is 68.2 Å². The van der Waals surface area contributed by atoms with E-state index < -0.39 is 35.8 Å². The molecule has 0 saturated carbocycles. The van der Waals surface area contributed by atoms with E-state index >= 15 is 0 Å². The van der Waals surface area contributed by atoms with Crippen LogP contribution >= 0.6 is 12.4 Å². The Hall–Kier alpha value is -3.53. The molecule has 4 aliphatic rings. The van der Waals surface area contributed by atoms with Crippen LogP contribution in [0.4, 0.5) is 9.59 Å². The number of nitrogens with zero attached hydrogens (tertiary/aromatic N) is 3. The van der Waals surface area contributed by atoms with Crippen molar-refractivity contribution >= 4 is 24.6 Å². The van der Waals surface area contributed by atoms with Crippen molar-refractivity contribution in [1.82, 2.24) is 20.0 Å². The Labute approximate surface area is 536 Å². The highest BCUT2D eigenvalue weighted by molar-refractivity contribution is 5.85. The first-order chi connectivity index (χ1) is 41.5. The maximum Gasteiger partial charge on any atom is 0.410 e. The minimum atomic E-state index is -1.63. The number of aliphatic hydroxyl groups is 7. The van der Waals surface area contributed by atoms with Crippen LogP contribution in [0.25, 0.3) is 0 Å². The number of morpholine rings is 3. The number of amides is 2.